The summed E-state index contributed by atoms with van der Waals surface area (Å²) in [5.41, 5.74) is 2.28. The van der Waals surface area contributed by atoms with Crippen LogP contribution >= 0.6 is 0 Å². The van der Waals surface area contributed by atoms with E-state index in [1.807, 2.05) is 25.1 Å². The van der Waals surface area contributed by atoms with E-state index >= 15 is 0 Å². The summed E-state index contributed by atoms with van der Waals surface area (Å²) in [5.74, 6) is 1.21. The topological polar surface area (TPSA) is 26.3 Å². The number of carbonyl (C=O) groups is 1. The summed E-state index contributed by atoms with van der Waals surface area (Å²) in [7, 11) is 1.64. The third kappa shape index (κ3) is 1.22. The fourth-order valence-corrected chi connectivity index (χ4v) is 1.80. The summed E-state index contributed by atoms with van der Waals surface area (Å²) >= 11 is 0. The van der Waals surface area contributed by atoms with E-state index in [0.29, 0.717) is 12.2 Å². The van der Waals surface area contributed by atoms with Crippen molar-refractivity contribution in [3.05, 3.63) is 29.3 Å². The van der Waals surface area contributed by atoms with Crippen LogP contribution in [-0.2, 0) is 11.2 Å². The van der Waals surface area contributed by atoms with Gasteiger partial charge in [0.1, 0.15) is 11.5 Å². The molecule has 0 N–H and O–H groups in total. The highest BCUT2D eigenvalue weighted by molar-refractivity contribution is 5.92. The fraction of sp³-hybridized carbons (Fsp3) is 0.364. The van der Waals surface area contributed by atoms with Gasteiger partial charge in [-0.3, -0.25) is 4.79 Å². The maximum Gasteiger partial charge on any atom is 0.144 e. The molecule has 68 valence electrons. The Hall–Kier alpha value is -1.31. The third-order valence-corrected chi connectivity index (χ3v) is 2.66. The number of carbonyl (C=O) groups excluding carboxylic acids is 1. The van der Waals surface area contributed by atoms with Crippen LogP contribution in [0.25, 0.3) is 0 Å². The minimum absolute atomic E-state index is 0.0703. The number of benzene rings is 1. The molecule has 1 unspecified atom stereocenters. The van der Waals surface area contributed by atoms with Crippen molar-refractivity contribution in [1.29, 1.82) is 0 Å². The fourth-order valence-electron chi connectivity index (χ4n) is 1.80. The Labute approximate surface area is 77.5 Å². The number of rotatable bonds is 1. The highest BCUT2D eigenvalue weighted by Crippen LogP contribution is 2.32. The normalized spacial score (nSPS) is 20.2. The molecule has 0 radical (unpaired) electrons. The Morgan fingerprint density at radius 2 is 2.23 bits per heavy atom. The zero-order valence-corrected chi connectivity index (χ0v) is 7.83. The number of Topliss-reactive ketones (excluding diaryl/α,β-unsaturated/α-hetero) is 1. The number of methoxy groups -OCH3 is 1. The van der Waals surface area contributed by atoms with Crippen molar-refractivity contribution < 1.29 is 9.53 Å². The van der Waals surface area contributed by atoms with Gasteiger partial charge in [0.25, 0.3) is 0 Å². The number of hydrogen-bond acceptors (Lipinski definition) is 2. The molecule has 1 aromatic carbocycles. The van der Waals surface area contributed by atoms with Gasteiger partial charge in [0.2, 0.25) is 0 Å². The molecule has 0 spiro atoms. The predicted octanol–water partition coefficient (Wildman–Crippen LogP) is 1.92. The van der Waals surface area contributed by atoms with Crippen molar-refractivity contribution in [2.45, 2.75) is 19.3 Å². The van der Waals surface area contributed by atoms with Crippen LogP contribution in [0.2, 0.25) is 0 Å². The van der Waals surface area contributed by atoms with Gasteiger partial charge in [0, 0.05) is 12.3 Å². The highest BCUT2D eigenvalue weighted by Gasteiger charge is 2.26. The lowest BCUT2D eigenvalue weighted by molar-refractivity contribution is -0.118. The van der Waals surface area contributed by atoms with Gasteiger partial charge in [-0.25, -0.2) is 0 Å². The van der Waals surface area contributed by atoms with Gasteiger partial charge in [-0.05, 0) is 23.3 Å². The molecule has 0 bridgehead atoms. The van der Waals surface area contributed by atoms with Crippen molar-refractivity contribution in [2.75, 3.05) is 7.11 Å². The van der Waals surface area contributed by atoms with E-state index in [1.165, 1.54) is 0 Å². The molecule has 0 saturated carbocycles. The van der Waals surface area contributed by atoms with Gasteiger partial charge in [0.15, 0.2) is 0 Å². The van der Waals surface area contributed by atoms with Crippen molar-refractivity contribution in [3.63, 3.8) is 0 Å². The van der Waals surface area contributed by atoms with Crippen LogP contribution in [0.5, 0.6) is 5.75 Å². The molecule has 0 fully saturated rings. The van der Waals surface area contributed by atoms with E-state index < -0.39 is 0 Å². The third-order valence-electron chi connectivity index (χ3n) is 2.66. The second kappa shape index (κ2) is 2.87. The van der Waals surface area contributed by atoms with Crippen LogP contribution in [-0.4, -0.2) is 12.9 Å². The summed E-state index contributed by atoms with van der Waals surface area (Å²) in [6, 6.07) is 5.86. The molecule has 13 heavy (non-hydrogen) atoms. The molecule has 1 aromatic rings. The minimum atomic E-state index is 0.0703. The van der Waals surface area contributed by atoms with Gasteiger partial charge in [-0.15, -0.1) is 0 Å². The van der Waals surface area contributed by atoms with Crippen molar-refractivity contribution in [3.8, 4) is 5.75 Å². The monoisotopic (exact) mass is 176 g/mol. The zero-order chi connectivity index (χ0) is 9.42. The molecular weight excluding hydrogens is 164 g/mol. The first-order valence-electron chi connectivity index (χ1n) is 4.42. The summed E-state index contributed by atoms with van der Waals surface area (Å²) in [5, 5.41) is 0. The zero-order valence-electron chi connectivity index (χ0n) is 7.83. The van der Waals surface area contributed by atoms with Gasteiger partial charge in [0.05, 0.1) is 7.11 Å². The van der Waals surface area contributed by atoms with E-state index in [0.717, 1.165) is 16.9 Å². The summed E-state index contributed by atoms with van der Waals surface area (Å²) in [6.07, 6.45) is 0.563. The van der Waals surface area contributed by atoms with Crippen molar-refractivity contribution >= 4 is 5.78 Å². The Morgan fingerprint density at radius 1 is 1.46 bits per heavy atom. The quantitative estimate of drug-likeness (QED) is 0.653. The summed E-state index contributed by atoms with van der Waals surface area (Å²) < 4.78 is 5.10. The number of hydrogen-bond donors (Lipinski definition) is 0. The Kier molecular flexibility index (Phi) is 1.83. The SMILES string of the molecule is COc1ccc2c(c1)CC(=O)C2C. The van der Waals surface area contributed by atoms with Crippen LogP contribution in [0.3, 0.4) is 0 Å². The van der Waals surface area contributed by atoms with Crippen LogP contribution in [0.4, 0.5) is 0 Å². The molecule has 1 atom stereocenters. The predicted molar refractivity (Wildman–Crippen MR) is 50.1 cm³/mol. The number of fused-ring (bicyclic) bond motifs is 1. The first kappa shape index (κ1) is 8.30. The molecule has 2 nitrogen and oxygen atoms in total. The molecular formula is C11H12O2. The number of ether oxygens (including phenoxy) is 1. The van der Waals surface area contributed by atoms with Gasteiger partial charge >= 0.3 is 0 Å². The van der Waals surface area contributed by atoms with Gasteiger partial charge in [-0.2, -0.15) is 0 Å². The van der Waals surface area contributed by atoms with Crippen LogP contribution in [0.1, 0.15) is 24.0 Å². The molecule has 1 aliphatic carbocycles. The first-order valence-corrected chi connectivity index (χ1v) is 4.42. The largest absolute Gasteiger partial charge is 0.497 e. The average Bonchev–Trinajstić information content (AvgIpc) is 2.42. The van der Waals surface area contributed by atoms with Crippen LogP contribution in [0.15, 0.2) is 18.2 Å². The Morgan fingerprint density at radius 3 is 2.92 bits per heavy atom. The smallest absolute Gasteiger partial charge is 0.144 e. The second-order valence-electron chi connectivity index (χ2n) is 3.43. The van der Waals surface area contributed by atoms with Crippen LogP contribution in [0, 0.1) is 0 Å². The molecule has 0 aliphatic heterocycles. The molecule has 2 heteroatoms. The molecule has 0 aromatic heterocycles. The van der Waals surface area contributed by atoms with E-state index in [2.05, 4.69) is 0 Å². The van der Waals surface area contributed by atoms with E-state index in [4.69, 9.17) is 4.74 Å². The van der Waals surface area contributed by atoms with Gasteiger partial charge in [-0.1, -0.05) is 13.0 Å². The molecule has 0 amide bonds. The maximum atomic E-state index is 11.4. The van der Waals surface area contributed by atoms with Crippen molar-refractivity contribution in [1.82, 2.24) is 0 Å². The minimum Gasteiger partial charge on any atom is -0.497 e. The summed E-state index contributed by atoms with van der Waals surface area (Å²) in [6.45, 7) is 1.96. The average molecular weight is 176 g/mol. The molecule has 0 heterocycles. The molecule has 0 saturated heterocycles. The van der Waals surface area contributed by atoms with E-state index in [1.54, 1.807) is 7.11 Å². The van der Waals surface area contributed by atoms with E-state index in [9.17, 15) is 4.79 Å². The van der Waals surface area contributed by atoms with E-state index in [-0.39, 0.29) is 5.92 Å². The second-order valence-corrected chi connectivity index (χ2v) is 3.43. The lowest BCUT2D eigenvalue weighted by atomic mass is 10.0. The standard InChI is InChI=1S/C11H12O2/c1-7-10-4-3-9(13-2)5-8(10)6-11(7)12/h3-5,7H,6H2,1-2H3. The first-order chi connectivity index (χ1) is 6.22. The van der Waals surface area contributed by atoms with Gasteiger partial charge < -0.3 is 4.74 Å². The highest BCUT2D eigenvalue weighted by atomic mass is 16.5. The van der Waals surface area contributed by atoms with Crippen molar-refractivity contribution in [2.24, 2.45) is 0 Å². The Bertz CT molecular complexity index is 355. The molecule has 2 rings (SSSR count). The summed E-state index contributed by atoms with van der Waals surface area (Å²) in [4.78, 5) is 11.4. The van der Waals surface area contributed by atoms with Crippen LogP contribution < -0.4 is 4.74 Å². The lowest BCUT2D eigenvalue weighted by Gasteiger charge is -2.04. The maximum absolute atomic E-state index is 11.4. The Balaban J connectivity index is 2.46. The number of ketones is 1. The molecule has 1 aliphatic rings. The lowest BCUT2D eigenvalue weighted by Crippen LogP contribution is -2.00.